The molecular weight excluding hydrogens is 292 g/mol. The summed E-state index contributed by atoms with van der Waals surface area (Å²) in [6.45, 7) is 0.418. The Morgan fingerprint density at radius 1 is 1.48 bits per heavy atom. The first kappa shape index (κ1) is 15.2. The molecule has 0 spiro atoms. The topological polar surface area (TPSA) is 88.5 Å². The summed E-state index contributed by atoms with van der Waals surface area (Å²) in [4.78, 5) is 1.68. The Labute approximate surface area is 127 Å². The van der Waals surface area contributed by atoms with Crippen LogP contribution in [0.25, 0.3) is 0 Å². The molecule has 7 nitrogen and oxygen atoms in total. The van der Waals surface area contributed by atoms with Crippen molar-refractivity contribution in [1.82, 2.24) is 10.2 Å². The number of aromatic nitrogens is 2. The third kappa shape index (κ3) is 3.89. The van der Waals surface area contributed by atoms with Crippen molar-refractivity contribution in [3.63, 3.8) is 0 Å². The summed E-state index contributed by atoms with van der Waals surface area (Å²) in [6.07, 6.45) is 0. The van der Waals surface area contributed by atoms with Gasteiger partial charge in [0.15, 0.2) is 18.1 Å². The molecule has 1 aromatic heterocycles. The minimum absolute atomic E-state index is 0.0835. The number of aryl methyl sites for hydroxylation is 1. The molecule has 0 unspecified atom stereocenters. The maximum atomic E-state index is 11.6. The second-order valence-corrected chi connectivity index (χ2v) is 4.76. The van der Waals surface area contributed by atoms with Crippen LogP contribution in [0.5, 0.6) is 5.95 Å². The van der Waals surface area contributed by atoms with Gasteiger partial charge < -0.3 is 25.0 Å². The lowest BCUT2D eigenvalue weighted by Gasteiger charge is -2.23. The molecule has 0 aliphatic rings. The molecule has 112 valence electrons. The fraction of sp³-hybridized carbons (Fsp3) is 0.308. The highest BCUT2D eigenvalue weighted by atomic mass is 32.1. The molecule has 0 saturated carbocycles. The smallest absolute Gasteiger partial charge is 0.252 e. The summed E-state index contributed by atoms with van der Waals surface area (Å²) < 4.78 is 5.94. The van der Waals surface area contributed by atoms with E-state index in [-0.39, 0.29) is 13.2 Å². The van der Waals surface area contributed by atoms with Crippen LogP contribution in [-0.2, 0) is 13.6 Å². The van der Waals surface area contributed by atoms with Gasteiger partial charge in [-0.25, -0.2) is 0 Å². The molecule has 21 heavy (non-hydrogen) atoms. The van der Waals surface area contributed by atoms with Crippen LogP contribution >= 0.6 is 12.2 Å². The SMILES string of the molecule is C[n+]1noc([O-])c1CN(CCO)C(=S)Nc1ccccc1. The summed E-state index contributed by atoms with van der Waals surface area (Å²) in [5, 5.41) is 27.7. The van der Waals surface area contributed by atoms with Crippen molar-refractivity contribution in [3.05, 3.63) is 36.0 Å². The number of aliphatic hydroxyl groups is 1. The van der Waals surface area contributed by atoms with E-state index in [9.17, 15) is 5.11 Å². The Bertz CT molecular complexity index is 583. The first-order chi connectivity index (χ1) is 10.1. The molecule has 1 aromatic carbocycles. The molecule has 1 heterocycles. The molecule has 0 atom stereocenters. The molecule has 2 N–H and O–H groups in total. The van der Waals surface area contributed by atoms with Gasteiger partial charge in [-0.3, -0.25) is 0 Å². The highest BCUT2D eigenvalue weighted by Gasteiger charge is 2.19. The van der Waals surface area contributed by atoms with Crippen LogP contribution in [0, 0.1) is 0 Å². The molecule has 0 amide bonds. The fourth-order valence-corrected chi connectivity index (χ4v) is 2.05. The van der Waals surface area contributed by atoms with E-state index in [1.54, 1.807) is 11.9 Å². The highest BCUT2D eigenvalue weighted by Crippen LogP contribution is 2.12. The minimum Gasteiger partial charge on any atom is -0.539 e. The van der Waals surface area contributed by atoms with Crippen molar-refractivity contribution >= 4 is 23.0 Å². The standard InChI is InChI=1S/C13H16N4O3S/c1-16-11(12(19)20-15-16)9-17(7-8-18)13(21)14-10-5-3-2-4-6-10/h2-6,18H,7-9H2,1H3,(H-,14,15,19,21). The van der Waals surface area contributed by atoms with Gasteiger partial charge in [0.25, 0.3) is 5.69 Å². The van der Waals surface area contributed by atoms with Gasteiger partial charge >= 0.3 is 0 Å². The van der Waals surface area contributed by atoms with Gasteiger partial charge in [-0.15, -0.1) is 0 Å². The number of nitrogens with zero attached hydrogens (tertiary/aromatic N) is 3. The predicted molar refractivity (Wildman–Crippen MR) is 77.3 cm³/mol. The van der Waals surface area contributed by atoms with Crippen LogP contribution in [0.4, 0.5) is 5.69 Å². The van der Waals surface area contributed by atoms with E-state index in [1.807, 2.05) is 30.3 Å². The average molecular weight is 308 g/mol. The van der Waals surface area contributed by atoms with Gasteiger partial charge in [0.05, 0.1) is 11.9 Å². The number of thiocarbonyl (C=S) groups is 1. The number of para-hydroxylation sites is 1. The lowest BCUT2D eigenvalue weighted by molar-refractivity contribution is -0.746. The van der Waals surface area contributed by atoms with Crippen LogP contribution in [0.1, 0.15) is 5.69 Å². The number of aliphatic hydroxyl groups excluding tert-OH is 1. The van der Waals surface area contributed by atoms with E-state index < -0.39 is 5.95 Å². The third-order valence-electron chi connectivity index (χ3n) is 2.90. The van der Waals surface area contributed by atoms with E-state index in [0.717, 1.165) is 5.69 Å². The number of rotatable bonds is 5. The Kier molecular flexibility index (Phi) is 5.07. The minimum atomic E-state index is -0.511. The van der Waals surface area contributed by atoms with Gasteiger partial charge in [-0.05, 0) is 24.4 Å². The quantitative estimate of drug-likeness (QED) is 0.582. The maximum absolute atomic E-state index is 11.6. The van der Waals surface area contributed by atoms with Gasteiger partial charge in [-0.1, -0.05) is 22.9 Å². The van der Waals surface area contributed by atoms with Crippen LogP contribution in [-0.4, -0.2) is 33.5 Å². The van der Waals surface area contributed by atoms with E-state index >= 15 is 0 Å². The summed E-state index contributed by atoms with van der Waals surface area (Å²) >= 11 is 5.32. The second kappa shape index (κ2) is 7.00. The number of anilines is 1. The monoisotopic (exact) mass is 308 g/mol. The molecule has 0 aliphatic heterocycles. The summed E-state index contributed by atoms with van der Waals surface area (Å²) in [6, 6.07) is 9.43. The van der Waals surface area contributed by atoms with Crippen molar-refractivity contribution in [3.8, 4) is 5.95 Å². The average Bonchev–Trinajstić information content (AvgIpc) is 2.79. The van der Waals surface area contributed by atoms with Crippen molar-refractivity contribution in [2.45, 2.75) is 6.54 Å². The summed E-state index contributed by atoms with van der Waals surface area (Å²) in [5.74, 6) is -0.511. The summed E-state index contributed by atoms with van der Waals surface area (Å²) in [5.41, 5.74) is 1.20. The van der Waals surface area contributed by atoms with E-state index in [1.165, 1.54) is 4.68 Å². The van der Waals surface area contributed by atoms with Crippen molar-refractivity contribution < 1.29 is 19.4 Å². The third-order valence-corrected chi connectivity index (χ3v) is 3.26. The van der Waals surface area contributed by atoms with Gasteiger partial charge in [-0.2, -0.15) is 0 Å². The van der Waals surface area contributed by atoms with E-state index in [2.05, 4.69) is 15.1 Å². The molecular formula is C13H16N4O3S. The number of hydrogen-bond acceptors (Lipinski definition) is 5. The molecule has 0 radical (unpaired) electrons. The molecule has 2 aromatic rings. The van der Waals surface area contributed by atoms with Crippen LogP contribution in [0.2, 0.25) is 0 Å². The zero-order valence-corrected chi connectivity index (χ0v) is 12.3. The fourth-order valence-electron chi connectivity index (χ4n) is 1.78. The summed E-state index contributed by atoms with van der Waals surface area (Å²) in [7, 11) is 1.62. The van der Waals surface area contributed by atoms with Crippen molar-refractivity contribution in [2.75, 3.05) is 18.5 Å². The van der Waals surface area contributed by atoms with Crippen molar-refractivity contribution in [1.29, 1.82) is 0 Å². The number of benzene rings is 1. The Morgan fingerprint density at radius 2 is 2.19 bits per heavy atom. The Morgan fingerprint density at radius 3 is 2.76 bits per heavy atom. The Balaban J connectivity index is 2.09. The van der Waals surface area contributed by atoms with E-state index in [0.29, 0.717) is 17.4 Å². The largest absolute Gasteiger partial charge is 0.539 e. The second-order valence-electron chi connectivity index (χ2n) is 4.37. The van der Waals surface area contributed by atoms with Crippen molar-refractivity contribution in [2.24, 2.45) is 7.05 Å². The maximum Gasteiger partial charge on any atom is 0.252 e. The Hall–Kier alpha value is -2.19. The molecule has 0 saturated heterocycles. The molecule has 2 rings (SSSR count). The predicted octanol–water partition coefficient (Wildman–Crippen LogP) is -0.236. The van der Waals surface area contributed by atoms with Gasteiger partial charge in [0.2, 0.25) is 0 Å². The lowest BCUT2D eigenvalue weighted by Crippen LogP contribution is -2.42. The molecule has 8 heteroatoms. The van der Waals surface area contributed by atoms with Crippen LogP contribution < -0.4 is 15.1 Å². The first-order valence-electron chi connectivity index (χ1n) is 6.35. The van der Waals surface area contributed by atoms with E-state index in [4.69, 9.17) is 17.3 Å². The molecule has 0 bridgehead atoms. The zero-order chi connectivity index (χ0) is 15.2. The highest BCUT2D eigenvalue weighted by molar-refractivity contribution is 7.80. The van der Waals surface area contributed by atoms with Gasteiger partial charge in [0.1, 0.15) is 6.54 Å². The lowest BCUT2D eigenvalue weighted by atomic mass is 10.3. The zero-order valence-electron chi connectivity index (χ0n) is 11.5. The molecule has 0 fully saturated rings. The first-order valence-corrected chi connectivity index (χ1v) is 6.76. The number of hydrogen-bond donors (Lipinski definition) is 2. The van der Waals surface area contributed by atoms with Crippen LogP contribution in [0.3, 0.4) is 0 Å². The normalized spacial score (nSPS) is 10.4. The number of nitrogens with one attached hydrogen (secondary N) is 1. The van der Waals surface area contributed by atoms with Gasteiger partial charge in [0, 0.05) is 12.2 Å². The molecule has 0 aliphatic carbocycles. The van der Waals surface area contributed by atoms with Crippen LogP contribution in [0.15, 0.2) is 34.9 Å².